The van der Waals surface area contributed by atoms with Gasteiger partial charge in [0.05, 0.1) is 4.90 Å². The minimum Gasteiger partial charge on any atom is -0.324 e. The molecule has 1 atom stereocenters. The Hall–Kier alpha value is -2.67. The standard InChI is InChI=1S/C21H24N2O4S/c1-4-16-7-5-6-8-18(16)22-21(25)19-11-12-20(24)23(19)28(26,27)17-10-9-14(2)15(3)13-17/h5-10,13,19H,4,11-12H2,1-3H3,(H,22,25)/t19-/m0/s1. The van der Waals surface area contributed by atoms with Gasteiger partial charge in [0.25, 0.3) is 10.0 Å². The molecule has 3 rings (SSSR count). The van der Waals surface area contributed by atoms with Gasteiger partial charge in [-0.3, -0.25) is 9.59 Å². The summed E-state index contributed by atoms with van der Waals surface area (Å²) < 4.78 is 27.0. The number of anilines is 1. The fraction of sp³-hybridized carbons (Fsp3) is 0.333. The zero-order valence-electron chi connectivity index (χ0n) is 16.2. The molecule has 1 aliphatic heterocycles. The number of rotatable bonds is 5. The van der Waals surface area contributed by atoms with Crippen LogP contribution in [-0.2, 0) is 26.0 Å². The molecule has 6 nitrogen and oxygen atoms in total. The molecule has 1 fully saturated rings. The molecule has 2 aromatic carbocycles. The van der Waals surface area contributed by atoms with Crippen molar-refractivity contribution < 1.29 is 18.0 Å². The molecule has 1 heterocycles. The van der Waals surface area contributed by atoms with Crippen LogP contribution in [0, 0.1) is 13.8 Å². The predicted octanol–water partition coefficient (Wildman–Crippen LogP) is 3.18. The van der Waals surface area contributed by atoms with Crippen molar-refractivity contribution in [3.8, 4) is 0 Å². The average molecular weight is 401 g/mol. The van der Waals surface area contributed by atoms with Crippen LogP contribution in [0.4, 0.5) is 5.69 Å². The van der Waals surface area contributed by atoms with E-state index in [1.165, 1.54) is 12.1 Å². The van der Waals surface area contributed by atoms with Gasteiger partial charge in [-0.2, -0.15) is 0 Å². The maximum Gasteiger partial charge on any atom is 0.267 e. The zero-order chi connectivity index (χ0) is 20.5. The minimum absolute atomic E-state index is 0.0254. The number of nitrogens with one attached hydrogen (secondary N) is 1. The highest BCUT2D eigenvalue weighted by molar-refractivity contribution is 7.89. The second kappa shape index (κ2) is 7.75. The van der Waals surface area contributed by atoms with E-state index in [0.717, 1.165) is 27.4 Å². The first kappa shape index (κ1) is 20.1. The van der Waals surface area contributed by atoms with E-state index in [0.29, 0.717) is 5.69 Å². The van der Waals surface area contributed by atoms with Gasteiger partial charge >= 0.3 is 0 Å². The van der Waals surface area contributed by atoms with Crippen LogP contribution in [0.15, 0.2) is 47.4 Å². The fourth-order valence-electron chi connectivity index (χ4n) is 3.36. The molecular weight excluding hydrogens is 376 g/mol. The second-order valence-corrected chi connectivity index (χ2v) is 8.81. The van der Waals surface area contributed by atoms with Crippen molar-refractivity contribution in [1.29, 1.82) is 0 Å². The van der Waals surface area contributed by atoms with Crippen LogP contribution in [0.3, 0.4) is 0 Å². The Morgan fingerprint density at radius 3 is 2.54 bits per heavy atom. The van der Waals surface area contributed by atoms with Gasteiger partial charge in [-0.1, -0.05) is 31.2 Å². The van der Waals surface area contributed by atoms with Crippen molar-refractivity contribution in [2.75, 3.05) is 5.32 Å². The maximum atomic E-state index is 13.1. The van der Waals surface area contributed by atoms with Gasteiger partial charge in [0.1, 0.15) is 6.04 Å². The van der Waals surface area contributed by atoms with E-state index >= 15 is 0 Å². The largest absolute Gasteiger partial charge is 0.324 e. The molecule has 0 aromatic heterocycles. The van der Waals surface area contributed by atoms with Crippen LogP contribution >= 0.6 is 0 Å². The van der Waals surface area contributed by atoms with Gasteiger partial charge in [-0.25, -0.2) is 12.7 Å². The number of amides is 2. The maximum absolute atomic E-state index is 13.1. The molecule has 2 amide bonds. The van der Waals surface area contributed by atoms with Crippen LogP contribution in [0.2, 0.25) is 0 Å². The number of carbonyl (C=O) groups excluding carboxylic acids is 2. The first-order chi connectivity index (χ1) is 13.3. The molecular formula is C21H24N2O4S. The Balaban J connectivity index is 1.92. The molecule has 1 aliphatic rings. The number of aryl methyl sites for hydroxylation is 3. The lowest BCUT2D eigenvalue weighted by Gasteiger charge is -2.24. The first-order valence-electron chi connectivity index (χ1n) is 9.29. The molecule has 7 heteroatoms. The number of hydrogen-bond donors (Lipinski definition) is 1. The van der Waals surface area contributed by atoms with Crippen molar-refractivity contribution in [2.24, 2.45) is 0 Å². The van der Waals surface area contributed by atoms with E-state index in [-0.39, 0.29) is 17.7 Å². The molecule has 28 heavy (non-hydrogen) atoms. The number of carbonyl (C=O) groups is 2. The Morgan fingerprint density at radius 1 is 1.14 bits per heavy atom. The smallest absolute Gasteiger partial charge is 0.267 e. The monoisotopic (exact) mass is 400 g/mol. The summed E-state index contributed by atoms with van der Waals surface area (Å²) in [6, 6.07) is 11.0. The number of para-hydroxylation sites is 1. The van der Waals surface area contributed by atoms with E-state index in [2.05, 4.69) is 5.32 Å². The van der Waals surface area contributed by atoms with E-state index in [1.54, 1.807) is 18.2 Å². The quantitative estimate of drug-likeness (QED) is 0.835. The van der Waals surface area contributed by atoms with Crippen molar-refractivity contribution in [1.82, 2.24) is 4.31 Å². The molecule has 0 aliphatic carbocycles. The van der Waals surface area contributed by atoms with Gasteiger partial charge < -0.3 is 5.32 Å². The van der Waals surface area contributed by atoms with Gasteiger partial charge in [0.15, 0.2) is 0 Å². The first-order valence-corrected chi connectivity index (χ1v) is 10.7. The molecule has 2 aromatic rings. The molecule has 0 saturated carbocycles. The van der Waals surface area contributed by atoms with Crippen LogP contribution in [0.25, 0.3) is 0 Å². The summed E-state index contributed by atoms with van der Waals surface area (Å²) in [5, 5.41) is 2.80. The summed E-state index contributed by atoms with van der Waals surface area (Å²) in [4.78, 5) is 25.3. The van der Waals surface area contributed by atoms with Crippen LogP contribution in [-0.4, -0.2) is 30.6 Å². The third-order valence-electron chi connectivity index (χ3n) is 5.15. The zero-order valence-corrected chi connectivity index (χ0v) is 17.0. The Morgan fingerprint density at radius 2 is 1.86 bits per heavy atom. The van der Waals surface area contributed by atoms with Crippen molar-refractivity contribution in [2.45, 2.75) is 51.0 Å². The lowest BCUT2D eigenvalue weighted by Crippen LogP contribution is -2.45. The number of sulfonamides is 1. The van der Waals surface area contributed by atoms with Crippen molar-refractivity contribution in [3.63, 3.8) is 0 Å². The summed E-state index contributed by atoms with van der Waals surface area (Å²) in [7, 11) is -4.11. The summed E-state index contributed by atoms with van der Waals surface area (Å²) in [5.41, 5.74) is 3.35. The highest BCUT2D eigenvalue weighted by Crippen LogP contribution is 2.29. The van der Waals surface area contributed by atoms with Crippen LogP contribution in [0.1, 0.15) is 36.5 Å². The van der Waals surface area contributed by atoms with E-state index < -0.39 is 27.9 Å². The van der Waals surface area contributed by atoms with Crippen molar-refractivity contribution in [3.05, 3.63) is 59.2 Å². The van der Waals surface area contributed by atoms with Gasteiger partial charge in [0, 0.05) is 12.1 Å². The van der Waals surface area contributed by atoms with Crippen LogP contribution < -0.4 is 5.32 Å². The van der Waals surface area contributed by atoms with Gasteiger partial charge in [-0.05, 0) is 61.6 Å². The molecule has 1 saturated heterocycles. The highest BCUT2D eigenvalue weighted by Gasteiger charge is 2.44. The highest BCUT2D eigenvalue weighted by atomic mass is 32.2. The van der Waals surface area contributed by atoms with Gasteiger partial charge in [-0.15, -0.1) is 0 Å². The Bertz CT molecular complexity index is 1030. The second-order valence-electron chi connectivity index (χ2n) is 7.00. The Labute approximate surface area is 165 Å². The summed E-state index contributed by atoms with van der Waals surface area (Å²) in [6.45, 7) is 5.67. The molecule has 0 bridgehead atoms. The van der Waals surface area contributed by atoms with E-state index in [9.17, 15) is 18.0 Å². The normalized spacial score (nSPS) is 17.0. The molecule has 1 N–H and O–H groups in total. The van der Waals surface area contributed by atoms with Crippen molar-refractivity contribution >= 4 is 27.5 Å². The van der Waals surface area contributed by atoms with E-state index in [4.69, 9.17) is 0 Å². The fourth-order valence-corrected chi connectivity index (χ4v) is 5.04. The van der Waals surface area contributed by atoms with E-state index in [1.807, 2.05) is 32.9 Å². The summed E-state index contributed by atoms with van der Waals surface area (Å²) in [5.74, 6) is -1.04. The lowest BCUT2D eigenvalue weighted by molar-refractivity contribution is -0.128. The number of benzene rings is 2. The lowest BCUT2D eigenvalue weighted by atomic mass is 10.1. The third kappa shape index (κ3) is 3.67. The molecule has 0 radical (unpaired) electrons. The summed E-state index contributed by atoms with van der Waals surface area (Å²) in [6.07, 6.45) is 0.922. The average Bonchev–Trinajstić information content (AvgIpc) is 3.06. The topological polar surface area (TPSA) is 83.6 Å². The number of nitrogens with zero attached hydrogens (tertiary/aromatic N) is 1. The molecule has 0 spiro atoms. The minimum atomic E-state index is -4.11. The third-order valence-corrected chi connectivity index (χ3v) is 6.98. The Kier molecular flexibility index (Phi) is 5.56. The van der Waals surface area contributed by atoms with Crippen LogP contribution in [0.5, 0.6) is 0 Å². The number of hydrogen-bond acceptors (Lipinski definition) is 4. The predicted molar refractivity (Wildman–Crippen MR) is 107 cm³/mol. The molecule has 0 unspecified atom stereocenters. The SMILES string of the molecule is CCc1ccccc1NC(=O)[C@@H]1CCC(=O)N1S(=O)(=O)c1ccc(C)c(C)c1. The van der Waals surface area contributed by atoms with Gasteiger partial charge in [0.2, 0.25) is 11.8 Å². The summed E-state index contributed by atoms with van der Waals surface area (Å²) >= 11 is 0. The molecule has 148 valence electrons.